The van der Waals surface area contributed by atoms with Crippen molar-refractivity contribution < 1.29 is 14.6 Å². The highest BCUT2D eigenvalue weighted by Gasteiger charge is 2.27. The van der Waals surface area contributed by atoms with Gasteiger partial charge in [0.1, 0.15) is 0 Å². The Bertz CT molecular complexity index is 439. The molecule has 0 saturated carbocycles. The molecule has 19 heavy (non-hydrogen) atoms. The number of benzene rings is 1. The molecule has 4 heteroatoms. The van der Waals surface area contributed by atoms with E-state index in [0.717, 1.165) is 31.6 Å². The van der Waals surface area contributed by atoms with Gasteiger partial charge >= 0.3 is 5.97 Å². The van der Waals surface area contributed by atoms with Gasteiger partial charge in [-0.15, -0.1) is 0 Å². The summed E-state index contributed by atoms with van der Waals surface area (Å²) in [6.45, 7) is 1.60. The predicted octanol–water partition coefficient (Wildman–Crippen LogP) is 2.41. The van der Waals surface area contributed by atoms with E-state index in [2.05, 4.69) is 4.90 Å². The minimum atomic E-state index is -0.869. The van der Waals surface area contributed by atoms with E-state index < -0.39 is 5.97 Å². The van der Waals surface area contributed by atoms with Crippen molar-refractivity contribution >= 4 is 5.97 Å². The molecule has 1 aliphatic rings. The van der Waals surface area contributed by atoms with Gasteiger partial charge in [-0.3, -0.25) is 0 Å². The highest BCUT2D eigenvalue weighted by molar-refractivity contribution is 5.87. The fourth-order valence-corrected chi connectivity index (χ4v) is 2.88. The van der Waals surface area contributed by atoms with Crippen molar-refractivity contribution in [1.82, 2.24) is 4.90 Å². The zero-order chi connectivity index (χ0) is 13.8. The molecule has 1 saturated heterocycles. The third kappa shape index (κ3) is 3.33. The van der Waals surface area contributed by atoms with Crippen molar-refractivity contribution in [2.24, 2.45) is 5.92 Å². The van der Waals surface area contributed by atoms with Crippen LogP contribution in [0.1, 0.15) is 34.8 Å². The number of carboxylic acid groups (broad SMARTS) is 1. The first kappa shape index (κ1) is 14.0. The molecule has 0 amide bonds. The van der Waals surface area contributed by atoms with Gasteiger partial charge in [-0.2, -0.15) is 0 Å². The van der Waals surface area contributed by atoms with E-state index in [-0.39, 0.29) is 6.04 Å². The second kappa shape index (κ2) is 6.17. The summed E-state index contributed by atoms with van der Waals surface area (Å²) in [5.74, 6) is -0.348. The minimum Gasteiger partial charge on any atom is -0.478 e. The molecular formula is C15H21NO3. The Kier molecular flexibility index (Phi) is 4.56. The number of hydrogen-bond acceptors (Lipinski definition) is 3. The molecule has 1 fully saturated rings. The smallest absolute Gasteiger partial charge is 0.335 e. The molecule has 0 aromatic heterocycles. The van der Waals surface area contributed by atoms with Crippen LogP contribution in [0.15, 0.2) is 24.3 Å². The minimum absolute atomic E-state index is 0.253. The molecule has 1 aromatic carbocycles. The van der Waals surface area contributed by atoms with Gasteiger partial charge < -0.3 is 14.7 Å². The van der Waals surface area contributed by atoms with E-state index >= 15 is 0 Å². The summed E-state index contributed by atoms with van der Waals surface area (Å²) < 4.78 is 5.41. The number of carboxylic acids is 1. The SMILES string of the molecule is CN(C)C(c1cccc(C(=O)O)c1)C1CCOCC1. The second-order valence-corrected chi connectivity index (χ2v) is 5.29. The fourth-order valence-electron chi connectivity index (χ4n) is 2.88. The van der Waals surface area contributed by atoms with E-state index in [1.165, 1.54) is 0 Å². The quantitative estimate of drug-likeness (QED) is 0.906. The van der Waals surface area contributed by atoms with E-state index in [1.807, 2.05) is 26.2 Å². The predicted molar refractivity (Wildman–Crippen MR) is 73.4 cm³/mol. The number of nitrogens with zero attached hydrogens (tertiary/aromatic N) is 1. The maximum absolute atomic E-state index is 11.1. The van der Waals surface area contributed by atoms with Gasteiger partial charge in [0.2, 0.25) is 0 Å². The van der Waals surface area contributed by atoms with Crippen LogP contribution in [0.5, 0.6) is 0 Å². The molecule has 2 rings (SSSR count). The van der Waals surface area contributed by atoms with E-state index in [1.54, 1.807) is 12.1 Å². The molecule has 1 aromatic rings. The number of ether oxygens (including phenoxy) is 1. The molecule has 0 spiro atoms. The van der Waals surface area contributed by atoms with Crippen LogP contribution >= 0.6 is 0 Å². The first-order chi connectivity index (χ1) is 9.09. The molecule has 0 radical (unpaired) electrons. The van der Waals surface area contributed by atoms with Gasteiger partial charge in [0.15, 0.2) is 0 Å². The summed E-state index contributed by atoms with van der Waals surface area (Å²) in [6.07, 6.45) is 2.06. The Hall–Kier alpha value is -1.39. The van der Waals surface area contributed by atoms with Gasteiger partial charge in [-0.1, -0.05) is 12.1 Å². The Balaban J connectivity index is 2.27. The van der Waals surface area contributed by atoms with Crippen molar-refractivity contribution in [3.05, 3.63) is 35.4 Å². The summed E-state index contributed by atoms with van der Waals surface area (Å²) in [5, 5.41) is 9.11. The van der Waals surface area contributed by atoms with Crippen LogP contribution < -0.4 is 0 Å². The number of carbonyl (C=O) groups is 1. The van der Waals surface area contributed by atoms with Crippen LogP contribution in [-0.2, 0) is 4.74 Å². The molecule has 1 atom stereocenters. The third-order valence-electron chi connectivity index (χ3n) is 3.74. The van der Waals surface area contributed by atoms with Crippen molar-refractivity contribution in [3.63, 3.8) is 0 Å². The zero-order valence-electron chi connectivity index (χ0n) is 11.5. The van der Waals surface area contributed by atoms with E-state index in [0.29, 0.717) is 11.5 Å². The lowest BCUT2D eigenvalue weighted by atomic mass is 9.86. The van der Waals surface area contributed by atoms with Crippen molar-refractivity contribution in [3.8, 4) is 0 Å². The lowest BCUT2D eigenvalue weighted by Gasteiger charge is -2.35. The normalized spacial score (nSPS) is 18.5. The summed E-state index contributed by atoms with van der Waals surface area (Å²) in [4.78, 5) is 13.3. The first-order valence-electron chi connectivity index (χ1n) is 6.67. The number of hydrogen-bond donors (Lipinski definition) is 1. The lowest BCUT2D eigenvalue weighted by Crippen LogP contribution is -2.31. The van der Waals surface area contributed by atoms with Crippen LogP contribution in [0.4, 0.5) is 0 Å². The first-order valence-corrected chi connectivity index (χ1v) is 6.67. The highest BCUT2D eigenvalue weighted by Crippen LogP contribution is 2.33. The largest absolute Gasteiger partial charge is 0.478 e. The molecule has 4 nitrogen and oxygen atoms in total. The number of aromatic carboxylic acids is 1. The van der Waals surface area contributed by atoms with Gasteiger partial charge in [0, 0.05) is 19.3 Å². The molecule has 1 unspecified atom stereocenters. The summed E-state index contributed by atoms with van der Waals surface area (Å²) in [7, 11) is 4.10. The van der Waals surface area contributed by atoms with Gasteiger partial charge in [0.05, 0.1) is 5.56 Å². The van der Waals surface area contributed by atoms with Gasteiger partial charge in [0.25, 0.3) is 0 Å². The molecule has 0 bridgehead atoms. The van der Waals surface area contributed by atoms with Crippen molar-refractivity contribution in [2.75, 3.05) is 27.3 Å². The van der Waals surface area contributed by atoms with Crippen LogP contribution in [0.2, 0.25) is 0 Å². The Morgan fingerprint density at radius 3 is 2.63 bits per heavy atom. The molecule has 1 N–H and O–H groups in total. The maximum Gasteiger partial charge on any atom is 0.335 e. The van der Waals surface area contributed by atoms with Crippen LogP contribution in [-0.4, -0.2) is 43.3 Å². The van der Waals surface area contributed by atoms with Crippen molar-refractivity contribution in [1.29, 1.82) is 0 Å². The molecular weight excluding hydrogens is 242 g/mol. The monoisotopic (exact) mass is 263 g/mol. The van der Waals surface area contributed by atoms with Gasteiger partial charge in [-0.05, 0) is 50.6 Å². The molecule has 0 aliphatic carbocycles. The molecule has 1 heterocycles. The van der Waals surface area contributed by atoms with Crippen molar-refractivity contribution in [2.45, 2.75) is 18.9 Å². The summed E-state index contributed by atoms with van der Waals surface area (Å²) >= 11 is 0. The zero-order valence-corrected chi connectivity index (χ0v) is 11.5. The topological polar surface area (TPSA) is 49.8 Å². The summed E-state index contributed by atoms with van der Waals surface area (Å²) in [6, 6.07) is 7.54. The number of rotatable bonds is 4. The van der Waals surface area contributed by atoms with E-state index in [9.17, 15) is 4.79 Å². The van der Waals surface area contributed by atoms with E-state index in [4.69, 9.17) is 9.84 Å². The van der Waals surface area contributed by atoms with Crippen LogP contribution in [0.25, 0.3) is 0 Å². The highest BCUT2D eigenvalue weighted by atomic mass is 16.5. The standard InChI is InChI=1S/C15H21NO3/c1-16(2)14(11-6-8-19-9-7-11)12-4-3-5-13(10-12)15(17)18/h3-5,10-11,14H,6-9H2,1-2H3,(H,17,18). The van der Waals surface area contributed by atoms with Gasteiger partial charge in [-0.25, -0.2) is 4.79 Å². The third-order valence-corrected chi connectivity index (χ3v) is 3.74. The second-order valence-electron chi connectivity index (χ2n) is 5.29. The molecule has 1 aliphatic heterocycles. The van der Waals surface area contributed by atoms with Crippen LogP contribution in [0, 0.1) is 5.92 Å². The van der Waals surface area contributed by atoms with Crippen LogP contribution in [0.3, 0.4) is 0 Å². The lowest BCUT2D eigenvalue weighted by molar-refractivity contribution is 0.0363. The average molecular weight is 263 g/mol. The maximum atomic E-state index is 11.1. The average Bonchev–Trinajstić information content (AvgIpc) is 2.40. The fraction of sp³-hybridized carbons (Fsp3) is 0.533. The Labute approximate surface area is 114 Å². The summed E-state index contributed by atoms with van der Waals surface area (Å²) in [5.41, 5.74) is 1.44. The Morgan fingerprint density at radius 2 is 2.05 bits per heavy atom. The Morgan fingerprint density at radius 1 is 1.37 bits per heavy atom. The molecule has 104 valence electrons.